The molecule has 1 aromatic carbocycles. The Morgan fingerprint density at radius 3 is 3.27 bits per heavy atom. The fourth-order valence-corrected chi connectivity index (χ4v) is 3.86. The van der Waals surface area contributed by atoms with Gasteiger partial charge in [0, 0.05) is 16.7 Å². The first-order valence-electron chi connectivity index (χ1n) is 5.50. The Balaban J connectivity index is 2.01. The normalized spacial score (nSPS) is 29.4. The van der Waals surface area contributed by atoms with Crippen molar-refractivity contribution >= 4 is 11.8 Å². The van der Waals surface area contributed by atoms with E-state index in [1.54, 1.807) is 12.1 Å². The molecule has 2 unspecified atom stereocenters. The van der Waals surface area contributed by atoms with Gasteiger partial charge in [0.05, 0.1) is 0 Å². The molecule has 3 rings (SSSR count). The summed E-state index contributed by atoms with van der Waals surface area (Å²) in [6, 6.07) is 5.58. The Morgan fingerprint density at radius 1 is 1.40 bits per heavy atom. The van der Waals surface area contributed by atoms with Crippen LogP contribution in [0, 0.1) is 11.7 Å². The third-order valence-corrected chi connectivity index (χ3v) is 4.62. The molecule has 2 aliphatic heterocycles. The lowest BCUT2D eigenvalue weighted by Crippen LogP contribution is -2.37. The predicted octanol–water partition coefficient (Wildman–Crippen LogP) is 2.97. The molecule has 2 aliphatic rings. The molecule has 15 heavy (non-hydrogen) atoms. The number of rotatable bonds is 0. The lowest BCUT2D eigenvalue weighted by atomic mass is 9.87. The summed E-state index contributed by atoms with van der Waals surface area (Å²) in [6.45, 7) is 1.07. The Labute approximate surface area is 93.4 Å². The zero-order valence-electron chi connectivity index (χ0n) is 8.50. The summed E-state index contributed by atoms with van der Waals surface area (Å²) in [7, 11) is 0. The zero-order valence-corrected chi connectivity index (χ0v) is 9.32. The maximum atomic E-state index is 13.2. The molecule has 1 nitrogen and oxygen atoms in total. The Bertz CT molecular complexity index is 380. The first kappa shape index (κ1) is 9.67. The average molecular weight is 223 g/mol. The molecular formula is C12H14FNS. The van der Waals surface area contributed by atoms with Crippen LogP contribution in [0.15, 0.2) is 23.1 Å². The lowest BCUT2D eigenvalue weighted by molar-refractivity contribution is 0.302. The van der Waals surface area contributed by atoms with Crippen LogP contribution in [0.4, 0.5) is 4.39 Å². The molecule has 1 N–H and O–H groups in total. The van der Waals surface area contributed by atoms with E-state index in [0.717, 1.165) is 6.54 Å². The van der Waals surface area contributed by atoms with Gasteiger partial charge in [0.25, 0.3) is 0 Å². The van der Waals surface area contributed by atoms with E-state index >= 15 is 0 Å². The van der Waals surface area contributed by atoms with Crippen molar-refractivity contribution in [3.63, 3.8) is 0 Å². The smallest absolute Gasteiger partial charge is 0.123 e. The molecule has 0 aromatic heterocycles. The van der Waals surface area contributed by atoms with Crippen molar-refractivity contribution in [2.75, 3.05) is 12.3 Å². The van der Waals surface area contributed by atoms with E-state index in [1.807, 2.05) is 17.8 Å². The average Bonchev–Trinajstić information content (AvgIpc) is 2.29. The van der Waals surface area contributed by atoms with E-state index in [4.69, 9.17) is 0 Å². The van der Waals surface area contributed by atoms with Crippen LogP contribution in [0.3, 0.4) is 0 Å². The number of piperidine rings is 1. The van der Waals surface area contributed by atoms with Crippen molar-refractivity contribution in [2.24, 2.45) is 5.92 Å². The molecule has 0 saturated carbocycles. The molecule has 0 aliphatic carbocycles. The van der Waals surface area contributed by atoms with Gasteiger partial charge in [-0.1, -0.05) is 0 Å². The topological polar surface area (TPSA) is 12.0 Å². The van der Waals surface area contributed by atoms with Crippen LogP contribution in [0.1, 0.15) is 24.4 Å². The van der Waals surface area contributed by atoms with Crippen molar-refractivity contribution < 1.29 is 4.39 Å². The van der Waals surface area contributed by atoms with E-state index in [2.05, 4.69) is 5.32 Å². The Kier molecular flexibility index (Phi) is 2.45. The highest BCUT2D eigenvalue weighted by Crippen LogP contribution is 2.42. The van der Waals surface area contributed by atoms with Gasteiger partial charge >= 0.3 is 0 Å². The van der Waals surface area contributed by atoms with Crippen LogP contribution in [0.2, 0.25) is 0 Å². The minimum Gasteiger partial charge on any atom is -0.310 e. The molecule has 2 heterocycles. The van der Waals surface area contributed by atoms with Crippen LogP contribution in [-0.2, 0) is 0 Å². The minimum atomic E-state index is -0.109. The SMILES string of the molecule is Fc1ccc2c(c1)C1NCCCC1CS2. The third-order valence-electron chi connectivity index (χ3n) is 3.35. The molecular weight excluding hydrogens is 209 g/mol. The summed E-state index contributed by atoms with van der Waals surface area (Å²) < 4.78 is 13.2. The Hall–Kier alpha value is -0.540. The van der Waals surface area contributed by atoms with Gasteiger partial charge in [-0.25, -0.2) is 4.39 Å². The molecule has 3 heteroatoms. The highest BCUT2D eigenvalue weighted by Gasteiger charge is 2.31. The number of halogens is 1. The molecule has 0 spiro atoms. The summed E-state index contributed by atoms with van der Waals surface area (Å²) in [6.07, 6.45) is 2.53. The minimum absolute atomic E-state index is 0.109. The Morgan fingerprint density at radius 2 is 2.33 bits per heavy atom. The third kappa shape index (κ3) is 1.68. The van der Waals surface area contributed by atoms with Crippen molar-refractivity contribution in [2.45, 2.75) is 23.8 Å². The highest BCUT2D eigenvalue weighted by molar-refractivity contribution is 7.99. The molecule has 0 radical (unpaired) electrons. The number of nitrogens with one attached hydrogen (secondary N) is 1. The van der Waals surface area contributed by atoms with Gasteiger partial charge in [-0.05, 0) is 49.1 Å². The molecule has 2 atom stereocenters. The second kappa shape index (κ2) is 3.80. The predicted molar refractivity (Wildman–Crippen MR) is 60.6 cm³/mol. The molecule has 80 valence electrons. The van der Waals surface area contributed by atoms with Gasteiger partial charge in [0.2, 0.25) is 0 Å². The van der Waals surface area contributed by atoms with E-state index in [1.165, 1.54) is 29.1 Å². The number of hydrogen-bond donors (Lipinski definition) is 1. The number of thioether (sulfide) groups is 1. The largest absolute Gasteiger partial charge is 0.310 e. The summed E-state index contributed by atoms with van der Waals surface area (Å²) in [4.78, 5) is 1.26. The van der Waals surface area contributed by atoms with Crippen LogP contribution in [0.25, 0.3) is 0 Å². The first-order chi connectivity index (χ1) is 7.34. The fraction of sp³-hybridized carbons (Fsp3) is 0.500. The van der Waals surface area contributed by atoms with Crippen molar-refractivity contribution in [3.05, 3.63) is 29.6 Å². The van der Waals surface area contributed by atoms with Crippen LogP contribution >= 0.6 is 11.8 Å². The maximum absolute atomic E-state index is 13.2. The van der Waals surface area contributed by atoms with E-state index in [0.29, 0.717) is 12.0 Å². The second-order valence-electron chi connectivity index (χ2n) is 4.33. The summed E-state index contributed by atoms with van der Waals surface area (Å²) in [5.41, 5.74) is 1.18. The quantitative estimate of drug-likeness (QED) is 0.725. The molecule has 1 saturated heterocycles. The summed E-state index contributed by atoms with van der Waals surface area (Å²) >= 11 is 1.88. The summed E-state index contributed by atoms with van der Waals surface area (Å²) in [5, 5.41) is 3.52. The highest BCUT2D eigenvalue weighted by atomic mass is 32.2. The number of hydrogen-bond acceptors (Lipinski definition) is 2. The van der Waals surface area contributed by atoms with Crippen molar-refractivity contribution in [1.82, 2.24) is 5.32 Å². The van der Waals surface area contributed by atoms with E-state index in [9.17, 15) is 4.39 Å². The van der Waals surface area contributed by atoms with Gasteiger partial charge < -0.3 is 5.32 Å². The first-order valence-corrected chi connectivity index (χ1v) is 6.49. The van der Waals surface area contributed by atoms with Crippen LogP contribution in [-0.4, -0.2) is 12.3 Å². The number of fused-ring (bicyclic) bond motifs is 3. The molecule has 0 amide bonds. The molecule has 1 aromatic rings. The fourth-order valence-electron chi connectivity index (χ4n) is 2.59. The summed E-state index contributed by atoms with van der Waals surface area (Å²) in [5.74, 6) is 1.76. The van der Waals surface area contributed by atoms with Gasteiger partial charge in [-0.2, -0.15) is 0 Å². The lowest BCUT2D eigenvalue weighted by Gasteiger charge is -2.37. The van der Waals surface area contributed by atoms with Gasteiger partial charge in [-0.15, -0.1) is 11.8 Å². The number of benzene rings is 1. The second-order valence-corrected chi connectivity index (χ2v) is 5.39. The molecule has 0 bridgehead atoms. The van der Waals surface area contributed by atoms with Gasteiger partial charge in [-0.3, -0.25) is 0 Å². The molecule has 1 fully saturated rings. The van der Waals surface area contributed by atoms with Crippen LogP contribution < -0.4 is 5.32 Å². The van der Waals surface area contributed by atoms with E-state index in [-0.39, 0.29) is 5.82 Å². The maximum Gasteiger partial charge on any atom is 0.123 e. The van der Waals surface area contributed by atoms with Crippen LogP contribution in [0.5, 0.6) is 0 Å². The van der Waals surface area contributed by atoms with Gasteiger partial charge in [0.15, 0.2) is 0 Å². The van der Waals surface area contributed by atoms with E-state index < -0.39 is 0 Å². The van der Waals surface area contributed by atoms with Gasteiger partial charge in [0.1, 0.15) is 5.82 Å². The van der Waals surface area contributed by atoms with Crippen molar-refractivity contribution in [3.8, 4) is 0 Å². The standard InChI is InChI=1S/C12H14FNS/c13-9-3-4-11-10(6-9)12-8(7-15-11)2-1-5-14-12/h3-4,6,8,12,14H,1-2,5,7H2. The monoisotopic (exact) mass is 223 g/mol. The van der Waals surface area contributed by atoms with Crippen molar-refractivity contribution in [1.29, 1.82) is 0 Å². The zero-order chi connectivity index (χ0) is 10.3.